The van der Waals surface area contributed by atoms with Gasteiger partial charge in [-0.25, -0.2) is 0 Å². The van der Waals surface area contributed by atoms with E-state index >= 15 is 0 Å². The Balaban J connectivity index is 0.902. The second-order valence-electron chi connectivity index (χ2n) is 24.7. The Labute approximate surface area is 553 Å². The van der Waals surface area contributed by atoms with Gasteiger partial charge in [0.15, 0.2) is 0 Å². The first-order chi connectivity index (χ1) is 44.6. The van der Waals surface area contributed by atoms with E-state index in [0.29, 0.717) is 135 Å². The van der Waals surface area contributed by atoms with Crippen molar-refractivity contribution in [1.29, 1.82) is 0 Å². The second kappa shape index (κ2) is 42.9. The number of benzene rings is 1. The van der Waals surface area contributed by atoms with Crippen molar-refractivity contribution in [3.63, 3.8) is 0 Å². The molecule has 25 nitrogen and oxygen atoms in total. The van der Waals surface area contributed by atoms with Crippen molar-refractivity contribution in [1.82, 2.24) is 26.6 Å². The number of carbonyl (C=O) groups is 7. The lowest BCUT2D eigenvalue weighted by Gasteiger charge is -2.39. The summed E-state index contributed by atoms with van der Waals surface area (Å²) in [5, 5.41) is 38.0. The standard InChI is InChI=1S/C67H106N6O19S/c1-44(2)63(73-59(76)25-27-83-29-31-85-33-35-87-37-38-88-36-34-86-32-30-84-28-26-68-61(78)42-93-8)66(82)69-48(6)65(81)72-54-12-10-9-11-50(54)16-24-62(79)92-52-19-17-51(18-20-52)70-60(77)40-53-41-67(43-89-67)64(80)57(91-53)22-14-45(3)13-21-56-46(4)39-55(49(7)90-56)71-58(75)23-15-47(5)74/h9-15,22-23,44,46-49,51-53,55-57,63-64,74,80H,16-21,24-43H2,1-8H3,(H,68,78)(H,69,82)(H,70,77)(H,71,75)(H,72,81)(H,73,76)/b22-14+,23-15-,45-13+/t46-,47-,48+,49+,51?,52?,53+,55+,56-,57+,63-,64+,67+/m0/s1. The summed E-state index contributed by atoms with van der Waals surface area (Å²) < 4.78 is 57.2. The number of anilines is 1. The van der Waals surface area contributed by atoms with E-state index in [0.717, 1.165) is 12.0 Å². The molecule has 0 radical (unpaired) electrons. The molecule has 1 aliphatic carbocycles. The first kappa shape index (κ1) is 78.3. The van der Waals surface area contributed by atoms with Crippen LogP contribution in [-0.4, -0.2) is 229 Å². The molecule has 26 heteroatoms. The molecular formula is C67H106N6O19S. The van der Waals surface area contributed by atoms with Gasteiger partial charge in [-0.3, -0.25) is 33.6 Å². The summed E-state index contributed by atoms with van der Waals surface area (Å²) in [5.41, 5.74) is 1.40. The van der Waals surface area contributed by atoms with E-state index in [1.165, 1.54) is 23.9 Å². The Morgan fingerprint density at radius 1 is 0.753 bits per heavy atom. The number of para-hydroxylation sites is 1. The van der Waals surface area contributed by atoms with Gasteiger partial charge >= 0.3 is 5.97 Å². The highest BCUT2D eigenvalue weighted by atomic mass is 32.2. The quantitative estimate of drug-likeness (QED) is 0.0151. The molecule has 8 N–H and O–H groups in total. The van der Waals surface area contributed by atoms with Crippen LogP contribution in [0.4, 0.5) is 5.69 Å². The van der Waals surface area contributed by atoms with Crippen LogP contribution in [0.5, 0.6) is 0 Å². The zero-order valence-corrected chi connectivity index (χ0v) is 56.6. The van der Waals surface area contributed by atoms with Gasteiger partial charge in [0.25, 0.3) is 0 Å². The Morgan fingerprint density at radius 2 is 1.38 bits per heavy atom. The molecule has 93 heavy (non-hydrogen) atoms. The molecule has 4 aliphatic rings. The van der Waals surface area contributed by atoms with Crippen molar-refractivity contribution < 1.29 is 91.1 Å². The third-order valence-electron chi connectivity index (χ3n) is 16.4. The Hall–Kier alpha value is -5.36. The number of hydrogen-bond acceptors (Lipinski definition) is 20. The summed E-state index contributed by atoms with van der Waals surface area (Å²) in [6.07, 6.45) is 11.9. The number of rotatable bonds is 43. The molecule has 3 heterocycles. The minimum absolute atomic E-state index is 0.00574. The average molecular weight is 1330 g/mol. The van der Waals surface area contributed by atoms with E-state index in [1.54, 1.807) is 39.8 Å². The van der Waals surface area contributed by atoms with Crippen molar-refractivity contribution in [3.8, 4) is 0 Å². The van der Waals surface area contributed by atoms with Crippen molar-refractivity contribution >= 4 is 58.9 Å². The van der Waals surface area contributed by atoms with Crippen LogP contribution in [-0.2, 0) is 87.4 Å². The number of aliphatic hydroxyl groups is 2. The number of esters is 1. The van der Waals surface area contributed by atoms with Crippen LogP contribution in [0.1, 0.15) is 118 Å². The highest BCUT2D eigenvalue weighted by molar-refractivity contribution is 7.99. The van der Waals surface area contributed by atoms with Crippen LogP contribution in [0.15, 0.2) is 60.2 Å². The van der Waals surface area contributed by atoms with E-state index < -0.39 is 53.9 Å². The van der Waals surface area contributed by atoms with E-state index in [-0.39, 0.29) is 111 Å². The molecule has 1 spiro atoms. The fraction of sp³-hybridized carbons (Fsp3) is 0.716. The van der Waals surface area contributed by atoms with Crippen molar-refractivity contribution in [2.24, 2.45) is 11.8 Å². The van der Waals surface area contributed by atoms with Crippen molar-refractivity contribution in [2.45, 2.75) is 192 Å². The number of allylic oxidation sites excluding steroid dienone is 2. The smallest absolute Gasteiger partial charge is 0.306 e. The summed E-state index contributed by atoms with van der Waals surface area (Å²) in [6, 6.07) is 4.98. The van der Waals surface area contributed by atoms with Crippen LogP contribution in [0.25, 0.3) is 0 Å². The molecule has 524 valence electrons. The largest absolute Gasteiger partial charge is 0.462 e. The maximum absolute atomic E-state index is 13.4. The van der Waals surface area contributed by atoms with Gasteiger partial charge in [0.2, 0.25) is 35.4 Å². The van der Waals surface area contributed by atoms with Crippen LogP contribution in [0, 0.1) is 11.8 Å². The molecule has 11 atom stereocenters. The molecule has 1 saturated carbocycles. The molecule has 0 unspecified atom stereocenters. The molecular weight excluding hydrogens is 1220 g/mol. The fourth-order valence-corrected chi connectivity index (χ4v) is 11.3. The third kappa shape index (κ3) is 30.5. The average Bonchev–Trinajstić information content (AvgIpc) is 1.60. The molecule has 0 bridgehead atoms. The predicted octanol–water partition coefficient (Wildman–Crippen LogP) is 3.95. The number of hydrogen-bond donors (Lipinski definition) is 8. The van der Waals surface area contributed by atoms with Gasteiger partial charge < -0.3 is 89.5 Å². The fourth-order valence-electron chi connectivity index (χ4n) is 11.0. The molecule has 3 saturated heterocycles. The van der Waals surface area contributed by atoms with E-state index in [2.05, 4.69) is 44.9 Å². The number of thioether (sulfide) groups is 1. The van der Waals surface area contributed by atoms with Gasteiger partial charge in [0.05, 0.1) is 129 Å². The lowest BCUT2D eigenvalue weighted by molar-refractivity contribution is -0.151. The first-order valence-corrected chi connectivity index (χ1v) is 34.4. The molecule has 0 aromatic heterocycles. The van der Waals surface area contributed by atoms with Gasteiger partial charge in [0.1, 0.15) is 36.0 Å². The summed E-state index contributed by atoms with van der Waals surface area (Å²) >= 11 is 1.47. The zero-order chi connectivity index (χ0) is 67.5. The summed E-state index contributed by atoms with van der Waals surface area (Å²) in [4.78, 5) is 90.0. The summed E-state index contributed by atoms with van der Waals surface area (Å²) in [7, 11) is 0. The van der Waals surface area contributed by atoms with Gasteiger partial charge in [0, 0.05) is 43.6 Å². The number of carbonyl (C=O) groups excluding carboxylic acids is 7. The molecule has 1 aromatic rings. The summed E-state index contributed by atoms with van der Waals surface area (Å²) in [6.45, 7) is 18.0. The summed E-state index contributed by atoms with van der Waals surface area (Å²) in [5.74, 6) is -1.86. The Morgan fingerprint density at radius 3 is 1.99 bits per heavy atom. The zero-order valence-electron chi connectivity index (χ0n) is 55.8. The monoisotopic (exact) mass is 1330 g/mol. The first-order valence-electron chi connectivity index (χ1n) is 33.0. The maximum Gasteiger partial charge on any atom is 0.306 e. The molecule has 5 rings (SSSR count). The molecule has 1 aromatic carbocycles. The van der Waals surface area contributed by atoms with Crippen LogP contribution >= 0.6 is 11.8 Å². The normalized spacial score (nSPS) is 24.9. The van der Waals surface area contributed by atoms with Crippen molar-refractivity contribution in [3.05, 3.63) is 65.8 Å². The lowest BCUT2D eigenvalue weighted by atomic mass is 9.87. The minimum Gasteiger partial charge on any atom is -0.462 e. The number of aryl methyl sites for hydroxylation is 1. The maximum atomic E-state index is 13.4. The number of ether oxygens (including phenoxy) is 10. The van der Waals surface area contributed by atoms with Crippen LogP contribution in [0.2, 0.25) is 0 Å². The Bertz CT molecular complexity index is 2540. The van der Waals surface area contributed by atoms with E-state index in [1.807, 2.05) is 44.4 Å². The number of aliphatic hydroxyl groups excluding tert-OH is 2. The lowest BCUT2D eigenvalue weighted by Crippen LogP contribution is -2.53. The second-order valence-corrected chi connectivity index (χ2v) is 25.5. The molecule has 3 aliphatic heterocycles. The third-order valence-corrected chi connectivity index (χ3v) is 16.9. The van der Waals surface area contributed by atoms with Gasteiger partial charge in [-0.05, 0) is 102 Å². The SMILES string of the molecule is CSCC(=O)NCCOCCOCCOCCOCCOCCOCCC(=O)N[C@H](C(=O)N[C@H](C)C(=O)Nc1ccccc1CCC(=O)OC1CCC(NC(=O)C[C@@H]2C[C@@]3(CO3)[C@H](O)[C@@H](/C=C/C(C)=C/C[C@@H]3O[C@H](C)[C@H](NC(=O)/C=C\[C@H](C)O)C[C@@H]3C)O2)CC1)C(C)C. The number of amides is 6. The topological polar surface area (TPSA) is 328 Å². The predicted molar refractivity (Wildman–Crippen MR) is 350 cm³/mol. The van der Waals surface area contributed by atoms with Crippen molar-refractivity contribution in [2.75, 3.05) is 110 Å². The van der Waals surface area contributed by atoms with Gasteiger partial charge in [-0.15, -0.1) is 0 Å². The van der Waals surface area contributed by atoms with Gasteiger partial charge in [-0.1, -0.05) is 68.8 Å². The highest BCUT2D eigenvalue weighted by Crippen LogP contribution is 2.43. The minimum atomic E-state index is -0.964. The Kier molecular flexibility index (Phi) is 36.2. The number of nitrogens with one attached hydrogen (secondary N) is 6. The molecule has 4 fully saturated rings. The van der Waals surface area contributed by atoms with E-state index in [4.69, 9.17) is 47.4 Å². The number of epoxide rings is 1. The highest BCUT2D eigenvalue weighted by Gasteiger charge is 2.58. The van der Waals surface area contributed by atoms with Gasteiger partial charge in [-0.2, -0.15) is 11.8 Å². The molecule has 6 amide bonds. The van der Waals surface area contributed by atoms with Crippen LogP contribution < -0.4 is 31.9 Å². The van der Waals surface area contributed by atoms with E-state index in [9.17, 15) is 43.8 Å². The van der Waals surface area contributed by atoms with Crippen LogP contribution in [0.3, 0.4) is 0 Å².